The monoisotopic (exact) mass is 271 g/mol. The number of nitro groups is 1. The molecule has 0 radical (unpaired) electrons. The number of carboxylic acid groups (broad SMARTS) is 1. The molecule has 8 nitrogen and oxygen atoms in total. The number of allylic oxidation sites excluding steroid dienone is 1. The van der Waals surface area contributed by atoms with Gasteiger partial charge in [-0.15, -0.1) is 0 Å². The van der Waals surface area contributed by atoms with Crippen LogP contribution in [0.4, 0.5) is 0 Å². The normalized spacial score (nSPS) is 25.7. The van der Waals surface area contributed by atoms with E-state index in [9.17, 15) is 19.7 Å². The fourth-order valence-electron chi connectivity index (χ4n) is 1.59. The summed E-state index contributed by atoms with van der Waals surface area (Å²) >= 11 is 0. The highest BCUT2D eigenvalue weighted by atomic mass is 16.6. The van der Waals surface area contributed by atoms with Crippen LogP contribution in [-0.4, -0.2) is 47.2 Å². The van der Waals surface area contributed by atoms with Crippen LogP contribution in [0.15, 0.2) is 23.9 Å². The molecule has 0 amide bonds. The molecule has 0 fully saturated rings. The summed E-state index contributed by atoms with van der Waals surface area (Å²) in [5, 5.41) is 19.3. The summed E-state index contributed by atoms with van der Waals surface area (Å²) in [7, 11) is 0. The Balaban J connectivity index is 3.03. The number of hydrogen-bond acceptors (Lipinski definition) is 6. The van der Waals surface area contributed by atoms with Gasteiger partial charge in [-0.2, -0.15) is 0 Å². The lowest BCUT2D eigenvalue weighted by atomic mass is 9.92. The minimum atomic E-state index is -1.66. The fourth-order valence-corrected chi connectivity index (χ4v) is 1.59. The largest absolute Gasteiger partial charge is 0.480 e. The van der Waals surface area contributed by atoms with E-state index in [1.807, 2.05) is 0 Å². The smallest absolute Gasteiger partial charge is 0.329 e. The molecule has 0 bridgehead atoms. The standard InChI is InChI=1S/C11H13NO7/c1-2-18-9-5-8(12(16)17)3-4-11(9,7-13)19-6-10(14)15/h3-5,7,9H,2,6H2,1H3,(H,14,15). The Bertz CT molecular complexity index is 442. The highest BCUT2D eigenvalue weighted by molar-refractivity contribution is 5.72. The first kappa shape index (κ1) is 15.0. The lowest BCUT2D eigenvalue weighted by Gasteiger charge is -2.32. The second-order valence-corrected chi connectivity index (χ2v) is 3.71. The number of aldehydes is 1. The van der Waals surface area contributed by atoms with E-state index in [2.05, 4.69) is 0 Å². The summed E-state index contributed by atoms with van der Waals surface area (Å²) in [5.41, 5.74) is -1.90. The van der Waals surface area contributed by atoms with Crippen LogP contribution in [0.2, 0.25) is 0 Å². The van der Waals surface area contributed by atoms with E-state index in [0.717, 1.165) is 18.2 Å². The fraction of sp³-hybridized carbons (Fsp3) is 0.455. The average molecular weight is 271 g/mol. The molecule has 2 atom stereocenters. The Labute approximate surface area is 108 Å². The maximum absolute atomic E-state index is 11.2. The van der Waals surface area contributed by atoms with Crippen molar-refractivity contribution < 1.29 is 29.1 Å². The third-order valence-corrected chi connectivity index (χ3v) is 2.47. The molecule has 0 aromatic rings. The maximum atomic E-state index is 11.2. The van der Waals surface area contributed by atoms with E-state index in [1.165, 1.54) is 0 Å². The van der Waals surface area contributed by atoms with Gasteiger partial charge in [0.15, 0.2) is 11.9 Å². The Morgan fingerprint density at radius 2 is 2.37 bits per heavy atom. The molecule has 104 valence electrons. The highest BCUT2D eigenvalue weighted by Gasteiger charge is 2.42. The van der Waals surface area contributed by atoms with E-state index in [0.29, 0.717) is 6.29 Å². The van der Waals surface area contributed by atoms with E-state index in [4.69, 9.17) is 14.6 Å². The van der Waals surface area contributed by atoms with Gasteiger partial charge in [0.2, 0.25) is 0 Å². The zero-order valence-electron chi connectivity index (χ0n) is 10.1. The number of hydrogen-bond donors (Lipinski definition) is 1. The van der Waals surface area contributed by atoms with Crippen molar-refractivity contribution in [2.45, 2.75) is 18.6 Å². The lowest BCUT2D eigenvalue weighted by molar-refractivity contribution is -0.420. The number of aliphatic carboxylic acids is 1. The lowest BCUT2D eigenvalue weighted by Crippen LogP contribution is -2.48. The van der Waals surface area contributed by atoms with Gasteiger partial charge in [-0.3, -0.25) is 14.9 Å². The van der Waals surface area contributed by atoms with Crippen LogP contribution >= 0.6 is 0 Å². The number of carbonyl (C=O) groups is 2. The Kier molecular flexibility index (Phi) is 4.90. The molecule has 0 saturated heterocycles. The van der Waals surface area contributed by atoms with Crippen LogP contribution in [0.25, 0.3) is 0 Å². The molecule has 1 N–H and O–H groups in total. The van der Waals surface area contributed by atoms with Gasteiger partial charge in [-0.05, 0) is 13.0 Å². The van der Waals surface area contributed by atoms with Crippen molar-refractivity contribution in [2.75, 3.05) is 13.2 Å². The third kappa shape index (κ3) is 3.46. The molecule has 0 heterocycles. The van der Waals surface area contributed by atoms with E-state index in [1.54, 1.807) is 6.92 Å². The third-order valence-electron chi connectivity index (χ3n) is 2.47. The van der Waals surface area contributed by atoms with E-state index >= 15 is 0 Å². The minimum absolute atomic E-state index is 0.187. The van der Waals surface area contributed by atoms with E-state index in [-0.39, 0.29) is 12.3 Å². The van der Waals surface area contributed by atoms with E-state index < -0.39 is 29.2 Å². The van der Waals surface area contributed by atoms with Crippen LogP contribution in [0, 0.1) is 10.1 Å². The van der Waals surface area contributed by atoms with Gasteiger partial charge in [0, 0.05) is 18.8 Å². The molecule has 19 heavy (non-hydrogen) atoms. The van der Waals surface area contributed by atoms with Crippen molar-refractivity contribution in [3.63, 3.8) is 0 Å². The predicted octanol–water partition coefficient (Wildman–Crippen LogP) is 0.161. The van der Waals surface area contributed by atoms with Crippen molar-refractivity contribution in [1.82, 2.24) is 0 Å². The molecule has 1 rings (SSSR count). The second-order valence-electron chi connectivity index (χ2n) is 3.71. The molecule has 0 aromatic heterocycles. The molecular weight excluding hydrogens is 258 g/mol. The maximum Gasteiger partial charge on any atom is 0.329 e. The number of rotatable bonds is 7. The molecule has 1 aliphatic rings. The highest BCUT2D eigenvalue weighted by Crippen LogP contribution is 2.26. The minimum Gasteiger partial charge on any atom is -0.480 e. The number of ether oxygens (including phenoxy) is 2. The summed E-state index contributed by atoms with van der Waals surface area (Å²) < 4.78 is 10.2. The first-order valence-electron chi connectivity index (χ1n) is 5.44. The Morgan fingerprint density at radius 1 is 1.68 bits per heavy atom. The quantitative estimate of drug-likeness (QED) is 0.398. The zero-order chi connectivity index (χ0) is 14.5. The molecule has 0 aromatic carbocycles. The summed E-state index contributed by atoms with van der Waals surface area (Å²) in [6.07, 6.45) is 2.69. The molecule has 0 saturated carbocycles. The van der Waals surface area contributed by atoms with Gasteiger partial charge < -0.3 is 14.6 Å². The summed E-state index contributed by atoms with van der Waals surface area (Å²) in [4.78, 5) is 31.8. The van der Waals surface area contributed by atoms with Crippen LogP contribution in [-0.2, 0) is 19.1 Å². The van der Waals surface area contributed by atoms with Crippen molar-refractivity contribution in [2.24, 2.45) is 0 Å². The Hall–Kier alpha value is -2.06. The number of carbonyl (C=O) groups excluding carboxylic acids is 1. The molecular formula is C11H13NO7. The van der Waals surface area contributed by atoms with Gasteiger partial charge in [0.05, 0.1) is 4.92 Å². The first-order valence-corrected chi connectivity index (χ1v) is 5.44. The summed E-state index contributed by atoms with van der Waals surface area (Å²) in [6, 6.07) is 0. The zero-order valence-corrected chi connectivity index (χ0v) is 10.1. The SMILES string of the molecule is CCOC1C=C([N+](=O)[O-])C=CC1(C=O)OCC(=O)O. The number of carboxylic acids is 1. The summed E-state index contributed by atoms with van der Waals surface area (Å²) in [5.74, 6) is -1.26. The van der Waals surface area contributed by atoms with Crippen LogP contribution < -0.4 is 0 Å². The topological polar surface area (TPSA) is 116 Å². The van der Waals surface area contributed by atoms with Gasteiger partial charge in [-0.1, -0.05) is 0 Å². The van der Waals surface area contributed by atoms with Crippen molar-refractivity contribution in [1.29, 1.82) is 0 Å². The van der Waals surface area contributed by atoms with Gasteiger partial charge in [0.25, 0.3) is 5.70 Å². The van der Waals surface area contributed by atoms with Crippen molar-refractivity contribution in [3.05, 3.63) is 34.0 Å². The van der Waals surface area contributed by atoms with Gasteiger partial charge in [-0.25, -0.2) is 4.79 Å². The average Bonchev–Trinajstić information content (AvgIpc) is 2.37. The number of nitrogens with zero attached hydrogens (tertiary/aromatic N) is 1. The molecule has 2 unspecified atom stereocenters. The van der Waals surface area contributed by atoms with Crippen molar-refractivity contribution in [3.8, 4) is 0 Å². The Morgan fingerprint density at radius 3 is 2.84 bits per heavy atom. The van der Waals surface area contributed by atoms with Crippen LogP contribution in [0.3, 0.4) is 0 Å². The second kappa shape index (κ2) is 6.21. The summed E-state index contributed by atoms with van der Waals surface area (Å²) in [6.45, 7) is 1.12. The first-order chi connectivity index (χ1) is 8.95. The van der Waals surface area contributed by atoms with Gasteiger partial charge in [0.1, 0.15) is 12.7 Å². The van der Waals surface area contributed by atoms with Crippen LogP contribution in [0.1, 0.15) is 6.92 Å². The molecule has 8 heteroatoms. The predicted molar refractivity (Wildman–Crippen MR) is 62.0 cm³/mol. The molecule has 0 aliphatic heterocycles. The van der Waals surface area contributed by atoms with Crippen molar-refractivity contribution >= 4 is 12.3 Å². The molecule has 1 aliphatic carbocycles. The van der Waals surface area contributed by atoms with Crippen LogP contribution in [0.5, 0.6) is 0 Å². The van der Waals surface area contributed by atoms with Gasteiger partial charge >= 0.3 is 5.97 Å². The molecule has 0 spiro atoms.